The first-order chi connectivity index (χ1) is 10.8. The molecule has 0 aliphatic heterocycles. The molecule has 1 aromatic carbocycles. The van der Waals surface area contributed by atoms with Crippen LogP contribution in [0.2, 0.25) is 0 Å². The zero-order valence-electron chi connectivity index (χ0n) is 12.2. The van der Waals surface area contributed by atoms with Gasteiger partial charge in [-0.2, -0.15) is 4.98 Å². The second kappa shape index (κ2) is 6.62. The molecule has 0 aliphatic rings. The number of hydrogen-bond acceptors (Lipinski definition) is 6. The number of nitrogens with zero attached hydrogens (tertiary/aromatic N) is 4. The monoisotopic (exact) mass is 292 g/mol. The van der Waals surface area contributed by atoms with Crippen LogP contribution in [-0.4, -0.2) is 19.9 Å². The molecule has 0 saturated carbocycles. The molecule has 0 atom stereocenters. The fourth-order valence-electron chi connectivity index (χ4n) is 1.98. The minimum Gasteiger partial charge on any atom is -0.366 e. The largest absolute Gasteiger partial charge is 0.366 e. The summed E-state index contributed by atoms with van der Waals surface area (Å²) in [5.41, 5.74) is 2.07. The van der Waals surface area contributed by atoms with Crippen molar-refractivity contribution in [2.45, 2.75) is 13.5 Å². The van der Waals surface area contributed by atoms with Crippen LogP contribution in [0.4, 0.5) is 17.6 Å². The van der Waals surface area contributed by atoms with Crippen molar-refractivity contribution in [3.05, 3.63) is 66.2 Å². The summed E-state index contributed by atoms with van der Waals surface area (Å²) >= 11 is 0. The van der Waals surface area contributed by atoms with E-state index in [0.29, 0.717) is 18.3 Å². The normalized spacial score (nSPS) is 10.2. The molecule has 0 unspecified atom stereocenters. The van der Waals surface area contributed by atoms with Gasteiger partial charge in [0.2, 0.25) is 5.95 Å². The highest BCUT2D eigenvalue weighted by Gasteiger charge is 2.03. The van der Waals surface area contributed by atoms with Crippen LogP contribution < -0.4 is 10.6 Å². The Bertz CT molecular complexity index is 730. The number of rotatable bonds is 5. The molecule has 3 aromatic rings. The van der Waals surface area contributed by atoms with Gasteiger partial charge in [-0.25, -0.2) is 9.97 Å². The zero-order valence-corrected chi connectivity index (χ0v) is 12.2. The number of nitrogens with one attached hydrogen (secondary N) is 2. The average Bonchev–Trinajstić information content (AvgIpc) is 2.54. The maximum Gasteiger partial charge on any atom is 0.230 e. The van der Waals surface area contributed by atoms with Crippen LogP contribution in [0.3, 0.4) is 0 Å². The first-order valence-corrected chi connectivity index (χ1v) is 6.96. The lowest BCUT2D eigenvalue weighted by Gasteiger charge is -2.09. The Kier molecular flexibility index (Phi) is 4.20. The molecule has 2 heterocycles. The maximum absolute atomic E-state index is 4.44. The minimum atomic E-state index is 0.496. The van der Waals surface area contributed by atoms with Gasteiger partial charge in [-0.1, -0.05) is 30.3 Å². The Hall–Kier alpha value is -3.02. The molecule has 0 fully saturated rings. The van der Waals surface area contributed by atoms with Crippen LogP contribution in [0.1, 0.15) is 11.3 Å². The maximum atomic E-state index is 4.44. The molecule has 0 saturated heterocycles. The van der Waals surface area contributed by atoms with Crippen LogP contribution in [0.5, 0.6) is 0 Å². The van der Waals surface area contributed by atoms with Gasteiger partial charge in [0.1, 0.15) is 5.82 Å². The quantitative estimate of drug-likeness (QED) is 0.753. The Morgan fingerprint density at radius 2 is 1.86 bits per heavy atom. The highest BCUT2D eigenvalue weighted by molar-refractivity contribution is 5.50. The second-order valence-electron chi connectivity index (χ2n) is 4.77. The summed E-state index contributed by atoms with van der Waals surface area (Å²) in [7, 11) is 0. The summed E-state index contributed by atoms with van der Waals surface area (Å²) in [4.78, 5) is 17.0. The zero-order chi connectivity index (χ0) is 15.2. The summed E-state index contributed by atoms with van der Waals surface area (Å²) in [6, 6.07) is 12.1. The standard InChI is InChI=1S/C16H16N6/c1-12-9-14(19-10-13-5-3-2-4-6-13)21-16(20-12)22-15-11-17-7-8-18-15/h2-9,11H,10H2,1H3,(H2,18,19,20,21,22). The third kappa shape index (κ3) is 3.76. The lowest BCUT2D eigenvalue weighted by molar-refractivity contribution is 1.05. The van der Waals surface area contributed by atoms with Crippen LogP contribution in [0.15, 0.2) is 55.0 Å². The number of aryl methyl sites for hydroxylation is 1. The van der Waals surface area contributed by atoms with Gasteiger partial charge in [0.05, 0.1) is 6.20 Å². The predicted molar refractivity (Wildman–Crippen MR) is 85.9 cm³/mol. The van der Waals surface area contributed by atoms with Gasteiger partial charge in [-0.3, -0.25) is 4.98 Å². The molecule has 6 heteroatoms. The fraction of sp³-hybridized carbons (Fsp3) is 0.125. The van der Waals surface area contributed by atoms with Gasteiger partial charge in [0.25, 0.3) is 0 Å². The molecule has 0 bridgehead atoms. The van der Waals surface area contributed by atoms with Crippen molar-refractivity contribution in [2.24, 2.45) is 0 Å². The van der Waals surface area contributed by atoms with Crippen molar-refractivity contribution in [3.63, 3.8) is 0 Å². The Morgan fingerprint density at radius 3 is 2.64 bits per heavy atom. The summed E-state index contributed by atoms with van der Waals surface area (Å²) in [5.74, 6) is 1.88. The Balaban J connectivity index is 1.72. The summed E-state index contributed by atoms with van der Waals surface area (Å²) in [6.07, 6.45) is 4.87. The highest BCUT2D eigenvalue weighted by atomic mass is 15.2. The van der Waals surface area contributed by atoms with Gasteiger partial charge in [0.15, 0.2) is 5.82 Å². The van der Waals surface area contributed by atoms with Crippen molar-refractivity contribution < 1.29 is 0 Å². The molecule has 2 N–H and O–H groups in total. The third-order valence-electron chi connectivity index (χ3n) is 2.97. The Morgan fingerprint density at radius 1 is 1.00 bits per heavy atom. The van der Waals surface area contributed by atoms with Crippen LogP contribution in [-0.2, 0) is 6.54 Å². The van der Waals surface area contributed by atoms with E-state index in [1.165, 1.54) is 5.56 Å². The SMILES string of the molecule is Cc1cc(NCc2ccccc2)nc(Nc2cnccn2)n1. The molecular weight excluding hydrogens is 276 g/mol. The van der Waals surface area contributed by atoms with Gasteiger partial charge >= 0.3 is 0 Å². The van der Waals surface area contributed by atoms with E-state index >= 15 is 0 Å². The van der Waals surface area contributed by atoms with Crippen molar-refractivity contribution >= 4 is 17.6 Å². The van der Waals surface area contributed by atoms with E-state index in [9.17, 15) is 0 Å². The van der Waals surface area contributed by atoms with E-state index in [0.717, 1.165) is 11.5 Å². The minimum absolute atomic E-state index is 0.496. The predicted octanol–water partition coefficient (Wildman–Crippen LogP) is 2.93. The fourth-order valence-corrected chi connectivity index (χ4v) is 1.98. The number of benzene rings is 1. The van der Waals surface area contributed by atoms with Crippen molar-refractivity contribution in [3.8, 4) is 0 Å². The van der Waals surface area contributed by atoms with E-state index in [-0.39, 0.29) is 0 Å². The van der Waals surface area contributed by atoms with Crippen LogP contribution in [0.25, 0.3) is 0 Å². The summed E-state index contributed by atoms with van der Waals surface area (Å²) in [6.45, 7) is 2.64. The van der Waals surface area contributed by atoms with Gasteiger partial charge < -0.3 is 10.6 Å². The van der Waals surface area contributed by atoms with E-state index in [4.69, 9.17) is 0 Å². The number of aromatic nitrogens is 4. The highest BCUT2D eigenvalue weighted by Crippen LogP contribution is 2.14. The molecule has 3 rings (SSSR count). The molecule has 0 radical (unpaired) electrons. The smallest absolute Gasteiger partial charge is 0.230 e. The van der Waals surface area contributed by atoms with E-state index in [1.54, 1.807) is 18.6 Å². The van der Waals surface area contributed by atoms with E-state index in [2.05, 4.69) is 42.7 Å². The summed E-state index contributed by atoms with van der Waals surface area (Å²) in [5, 5.41) is 6.35. The average molecular weight is 292 g/mol. The molecule has 0 amide bonds. The molecule has 0 spiro atoms. The van der Waals surface area contributed by atoms with Crippen molar-refractivity contribution in [1.29, 1.82) is 0 Å². The summed E-state index contributed by atoms with van der Waals surface area (Å²) < 4.78 is 0. The second-order valence-corrected chi connectivity index (χ2v) is 4.77. The number of hydrogen-bond donors (Lipinski definition) is 2. The molecule has 22 heavy (non-hydrogen) atoms. The molecular formula is C16H16N6. The first kappa shape index (κ1) is 13.9. The lowest BCUT2D eigenvalue weighted by atomic mass is 10.2. The van der Waals surface area contributed by atoms with Gasteiger partial charge in [-0.15, -0.1) is 0 Å². The molecule has 110 valence electrons. The van der Waals surface area contributed by atoms with E-state index < -0.39 is 0 Å². The topological polar surface area (TPSA) is 75.6 Å². The van der Waals surface area contributed by atoms with Crippen LogP contribution in [0, 0.1) is 6.92 Å². The van der Waals surface area contributed by atoms with E-state index in [1.807, 2.05) is 31.2 Å². The van der Waals surface area contributed by atoms with Gasteiger partial charge in [-0.05, 0) is 12.5 Å². The molecule has 0 aliphatic carbocycles. The molecule has 6 nitrogen and oxygen atoms in total. The Labute approximate surface area is 128 Å². The van der Waals surface area contributed by atoms with Gasteiger partial charge in [0, 0.05) is 30.7 Å². The number of anilines is 3. The lowest BCUT2D eigenvalue weighted by Crippen LogP contribution is -2.06. The first-order valence-electron chi connectivity index (χ1n) is 6.96. The van der Waals surface area contributed by atoms with Crippen LogP contribution >= 0.6 is 0 Å². The third-order valence-corrected chi connectivity index (χ3v) is 2.97. The van der Waals surface area contributed by atoms with Crippen molar-refractivity contribution in [2.75, 3.05) is 10.6 Å². The molecule has 2 aromatic heterocycles. The van der Waals surface area contributed by atoms with Crippen molar-refractivity contribution in [1.82, 2.24) is 19.9 Å².